The second-order valence-corrected chi connectivity index (χ2v) is 5.42. The molecular weight excluding hydrogens is 252 g/mol. The van der Waals surface area contributed by atoms with Gasteiger partial charge in [-0.15, -0.1) is 0 Å². The molecule has 4 heteroatoms. The first-order valence-electron chi connectivity index (χ1n) is 7.29. The molecule has 0 radical (unpaired) electrons. The Morgan fingerprint density at radius 2 is 2.10 bits per heavy atom. The second-order valence-electron chi connectivity index (χ2n) is 5.42. The Morgan fingerprint density at radius 1 is 1.40 bits per heavy atom. The Labute approximate surface area is 121 Å². The van der Waals surface area contributed by atoms with E-state index >= 15 is 0 Å². The zero-order valence-electron chi connectivity index (χ0n) is 12.3. The Hall–Kier alpha value is -1.55. The summed E-state index contributed by atoms with van der Waals surface area (Å²) in [4.78, 5) is 14.3. The van der Waals surface area contributed by atoms with Gasteiger partial charge in [0.1, 0.15) is 0 Å². The number of ether oxygens (including phenoxy) is 1. The van der Waals surface area contributed by atoms with E-state index in [1.807, 2.05) is 23.1 Å². The topological polar surface area (TPSA) is 41.6 Å². The molecular formula is C16H24N2O2. The lowest BCUT2D eigenvalue weighted by Crippen LogP contribution is -2.46. The van der Waals surface area contributed by atoms with Gasteiger partial charge in [-0.3, -0.25) is 0 Å². The van der Waals surface area contributed by atoms with Gasteiger partial charge in [-0.05, 0) is 31.2 Å². The minimum absolute atomic E-state index is 0.00491. The van der Waals surface area contributed by atoms with Crippen molar-refractivity contribution in [1.82, 2.24) is 10.2 Å². The largest absolute Gasteiger partial charge is 0.383 e. The monoisotopic (exact) mass is 276 g/mol. The van der Waals surface area contributed by atoms with Crippen LogP contribution in [0.2, 0.25) is 0 Å². The molecule has 1 aliphatic carbocycles. The molecule has 2 amide bonds. The smallest absolute Gasteiger partial charge is 0.318 e. The lowest BCUT2D eigenvalue weighted by molar-refractivity contribution is 0.158. The summed E-state index contributed by atoms with van der Waals surface area (Å²) in [5.41, 5.74) is 1.17. The molecule has 2 rings (SSSR count). The van der Waals surface area contributed by atoms with Crippen molar-refractivity contribution in [1.29, 1.82) is 0 Å². The number of hydrogen-bond donors (Lipinski definition) is 1. The number of benzene rings is 1. The van der Waals surface area contributed by atoms with E-state index in [0.29, 0.717) is 25.6 Å². The highest BCUT2D eigenvalue weighted by molar-refractivity contribution is 5.74. The van der Waals surface area contributed by atoms with Gasteiger partial charge in [0, 0.05) is 26.2 Å². The summed E-state index contributed by atoms with van der Waals surface area (Å²) < 4.78 is 4.98. The van der Waals surface area contributed by atoms with Crippen molar-refractivity contribution < 1.29 is 9.53 Å². The number of amides is 2. The van der Waals surface area contributed by atoms with E-state index < -0.39 is 0 Å². The van der Waals surface area contributed by atoms with Gasteiger partial charge in [0.25, 0.3) is 0 Å². The van der Waals surface area contributed by atoms with Crippen LogP contribution in [0.5, 0.6) is 0 Å². The number of rotatable bonds is 7. The number of carbonyl (C=O) groups is 1. The van der Waals surface area contributed by atoms with E-state index in [1.165, 1.54) is 18.4 Å². The molecule has 0 saturated heterocycles. The van der Waals surface area contributed by atoms with Gasteiger partial charge in [-0.2, -0.15) is 0 Å². The Bertz CT molecular complexity index is 418. The van der Waals surface area contributed by atoms with Crippen LogP contribution in [0.1, 0.15) is 25.3 Å². The maximum atomic E-state index is 12.4. The lowest BCUT2D eigenvalue weighted by atomic mass is 10.1. The van der Waals surface area contributed by atoms with Crippen molar-refractivity contribution in [2.24, 2.45) is 5.92 Å². The van der Waals surface area contributed by atoms with E-state index in [1.54, 1.807) is 7.11 Å². The highest BCUT2D eigenvalue weighted by atomic mass is 16.5. The van der Waals surface area contributed by atoms with Gasteiger partial charge in [0.05, 0.1) is 6.61 Å². The van der Waals surface area contributed by atoms with Crippen LogP contribution in [0.4, 0.5) is 4.79 Å². The SMILES string of the molecule is COCCNC(=O)N(Cc1ccccc1)[C@@H](C)C1CC1. The molecule has 20 heavy (non-hydrogen) atoms. The fourth-order valence-electron chi connectivity index (χ4n) is 2.38. The highest BCUT2D eigenvalue weighted by Gasteiger charge is 2.34. The molecule has 4 nitrogen and oxygen atoms in total. The molecule has 0 heterocycles. The maximum absolute atomic E-state index is 12.4. The molecule has 110 valence electrons. The van der Waals surface area contributed by atoms with E-state index in [0.717, 1.165) is 0 Å². The number of nitrogens with one attached hydrogen (secondary N) is 1. The molecule has 1 fully saturated rings. The first-order chi connectivity index (χ1) is 9.72. The third kappa shape index (κ3) is 4.23. The molecule has 0 unspecified atom stereocenters. The number of carbonyl (C=O) groups excluding carboxylic acids is 1. The van der Waals surface area contributed by atoms with Crippen LogP contribution in [-0.4, -0.2) is 37.2 Å². The molecule has 1 aromatic carbocycles. The standard InChI is InChI=1S/C16H24N2O2/c1-13(15-8-9-15)18(16(19)17-10-11-20-2)12-14-6-4-3-5-7-14/h3-7,13,15H,8-12H2,1-2H3,(H,17,19)/t13-/m0/s1. The fourth-order valence-corrected chi connectivity index (χ4v) is 2.38. The third-order valence-electron chi connectivity index (χ3n) is 3.83. The summed E-state index contributed by atoms with van der Waals surface area (Å²) >= 11 is 0. The van der Waals surface area contributed by atoms with E-state index in [2.05, 4.69) is 24.4 Å². The molecule has 0 spiro atoms. The van der Waals surface area contributed by atoms with Crippen molar-refractivity contribution in [3.8, 4) is 0 Å². The van der Waals surface area contributed by atoms with Crippen LogP contribution < -0.4 is 5.32 Å². The van der Waals surface area contributed by atoms with Crippen LogP contribution in [0, 0.1) is 5.92 Å². The fraction of sp³-hybridized carbons (Fsp3) is 0.562. The van der Waals surface area contributed by atoms with Crippen LogP contribution in [0.15, 0.2) is 30.3 Å². The summed E-state index contributed by atoms with van der Waals surface area (Å²) in [5, 5.41) is 2.93. The van der Waals surface area contributed by atoms with Crippen molar-refractivity contribution in [3.05, 3.63) is 35.9 Å². The molecule has 0 bridgehead atoms. The summed E-state index contributed by atoms with van der Waals surface area (Å²) in [6.07, 6.45) is 2.47. The molecule has 1 aromatic rings. The van der Waals surface area contributed by atoms with Gasteiger partial charge in [0.15, 0.2) is 0 Å². The van der Waals surface area contributed by atoms with E-state index in [-0.39, 0.29) is 12.1 Å². The van der Waals surface area contributed by atoms with Gasteiger partial charge < -0.3 is 15.0 Å². The number of methoxy groups -OCH3 is 1. The Kier molecular flexibility index (Phi) is 5.41. The summed E-state index contributed by atoms with van der Waals surface area (Å²) in [7, 11) is 1.64. The second kappa shape index (κ2) is 7.29. The normalized spacial score (nSPS) is 15.7. The minimum atomic E-state index is 0.00491. The summed E-state index contributed by atoms with van der Waals surface area (Å²) in [6.45, 7) is 3.91. The van der Waals surface area contributed by atoms with Crippen LogP contribution >= 0.6 is 0 Å². The summed E-state index contributed by atoms with van der Waals surface area (Å²) in [6, 6.07) is 10.4. The number of urea groups is 1. The van der Waals surface area contributed by atoms with Crippen molar-refractivity contribution in [2.75, 3.05) is 20.3 Å². The molecule has 1 N–H and O–H groups in total. The summed E-state index contributed by atoms with van der Waals surface area (Å²) in [5.74, 6) is 0.659. The quantitative estimate of drug-likeness (QED) is 0.778. The number of hydrogen-bond acceptors (Lipinski definition) is 2. The van der Waals surface area contributed by atoms with Crippen LogP contribution in [0.25, 0.3) is 0 Å². The van der Waals surface area contributed by atoms with Crippen LogP contribution in [0.3, 0.4) is 0 Å². The van der Waals surface area contributed by atoms with Crippen LogP contribution in [-0.2, 0) is 11.3 Å². The molecule has 1 aliphatic rings. The number of nitrogens with zero attached hydrogens (tertiary/aromatic N) is 1. The van der Waals surface area contributed by atoms with Gasteiger partial charge in [0.2, 0.25) is 0 Å². The lowest BCUT2D eigenvalue weighted by Gasteiger charge is -2.29. The molecule has 1 atom stereocenters. The van der Waals surface area contributed by atoms with Gasteiger partial charge in [-0.1, -0.05) is 30.3 Å². The highest BCUT2D eigenvalue weighted by Crippen LogP contribution is 2.35. The zero-order valence-corrected chi connectivity index (χ0v) is 12.3. The predicted octanol–water partition coefficient (Wildman–Crippen LogP) is 2.64. The zero-order chi connectivity index (χ0) is 14.4. The minimum Gasteiger partial charge on any atom is -0.383 e. The Balaban J connectivity index is 1.98. The van der Waals surface area contributed by atoms with E-state index in [4.69, 9.17) is 4.74 Å². The third-order valence-corrected chi connectivity index (χ3v) is 3.83. The first kappa shape index (κ1) is 14.9. The maximum Gasteiger partial charge on any atom is 0.318 e. The van der Waals surface area contributed by atoms with Crippen molar-refractivity contribution in [3.63, 3.8) is 0 Å². The Morgan fingerprint density at radius 3 is 2.70 bits per heavy atom. The average molecular weight is 276 g/mol. The van der Waals surface area contributed by atoms with Gasteiger partial charge in [-0.25, -0.2) is 4.79 Å². The molecule has 0 aliphatic heterocycles. The first-order valence-corrected chi connectivity index (χ1v) is 7.29. The van der Waals surface area contributed by atoms with E-state index in [9.17, 15) is 4.79 Å². The average Bonchev–Trinajstić information content (AvgIpc) is 3.30. The van der Waals surface area contributed by atoms with Gasteiger partial charge >= 0.3 is 6.03 Å². The van der Waals surface area contributed by atoms with Crippen molar-refractivity contribution >= 4 is 6.03 Å². The van der Waals surface area contributed by atoms with Crippen molar-refractivity contribution in [2.45, 2.75) is 32.4 Å². The molecule has 0 aromatic heterocycles. The molecule has 1 saturated carbocycles. The predicted molar refractivity (Wildman–Crippen MR) is 79.4 cm³/mol.